The van der Waals surface area contributed by atoms with Gasteiger partial charge in [0.25, 0.3) is 0 Å². The van der Waals surface area contributed by atoms with Crippen LogP contribution in [0.1, 0.15) is 44.5 Å². The lowest BCUT2D eigenvalue weighted by Gasteiger charge is -2.36. The van der Waals surface area contributed by atoms with Crippen molar-refractivity contribution in [2.45, 2.75) is 51.8 Å². The molecule has 1 heterocycles. The fraction of sp³-hybridized carbons (Fsp3) is 0.562. The third-order valence-electron chi connectivity index (χ3n) is 3.81. The van der Waals surface area contributed by atoms with Gasteiger partial charge >= 0.3 is 5.97 Å². The van der Waals surface area contributed by atoms with Crippen molar-refractivity contribution in [2.24, 2.45) is 0 Å². The van der Waals surface area contributed by atoms with E-state index in [4.69, 9.17) is 4.74 Å². The number of hydrogen-bond donors (Lipinski definition) is 0. The Morgan fingerprint density at radius 3 is 2.42 bits per heavy atom. The summed E-state index contributed by atoms with van der Waals surface area (Å²) in [6, 6.07) is 9.47. The highest BCUT2D eigenvalue weighted by atomic mass is 16.5. The minimum absolute atomic E-state index is 0.00747. The Labute approximate surface area is 115 Å². The number of benzene rings is 1. The minimum Gasteiger partial charge on any atom is -0.457 e. The maximum absolute atomic E-state index is 12.1. The number of nitrogens with zero attached hydrogens (tertiary/aromatic N) is 1. The first-order valence-electron chi connectivity index (χ1n) is 6.92. The number of esters is 1. The smallest absolute Gasteiger partial charge is 0.338 e. The second-order valence-electron chi connectivity index (χ2n) is 6.20. The molecule has 0 unspecified atom stereocenters. The molecule has 1 aromatic carbocycles. The summed E-state index contributed by atoms with van der Waals surface area (Å²) >= 11 is 0. The first-order valence-corrected chi connectivity index (χ1v) is 6.92. The largest absolute Gasteiger partial charge is 0.457 e. The first kappa shape index (κ1) is 14.1. The topological polar surface area (TPSA) is 29.5 Å². The summed E-state index contributed by atoms with van der Waals surface area (Å²) in [5.74, 6) is -0.215. The van der Waals surface area contributed by atoms with Gasteiger partial charge in [-0.1, -0.05) is 18.2 Å². The Morgan fingerprint density at radius 1 is 1.26 bits per heavy atom. The van der Waals surface area contributed by atoms with Crippen molar-refractivity contribution in [3.63, 3.8) is 0 Å². The van der Waals surface area contributed by atoms with Gasteiger partial charge in [0.15, 0.2) is 0 Å². The molecule has 1 saturated heterocycles. The number of rotatable bonds is 2. The molecule has 0 aromatic heterocycles. The zero-order valence-electron chi connectivity index (χ0n) is 12.2. The summed E-state index contributed by atoms with van der Waals surface area (Å²) in [5, 5.41) is 0. The standard InChI is InChI=1S/C16H23NO2/c1-12-14(10-11-17(12)16(2,3)4)19-15(18)13-8-6-5-7-9-13/h5-9,12,14H,10-11H2,1-4H3/t12-,14+/m0/s1. The van der Waals surface area contributed by atoms with E-state index in [0.29, 0.717) is 5.56 Å². The molecule has 0 N–H and O–H groups in total. The minimum atomic E-state index is -0.215. The van der Waals surface area contributed by atoms with Crippen LogP contribution in [0.4, 0.5) is 0 Å². The Kier molecular flexibility index (Phi) is 3.95. The molecule has 0 spiro atoms. The normalized spacial score (nSPS) is 24.4. The molecule has 2 rings (SSSR count). The Morgan fingerprint density at radius 2 is 1.89 bits per heavy atom. The molecule has 0 radical (unpaired) electrons. The highest BCUT2D eigenvalue weighted by molar-refractivity contribution is 5.89. The zero-order chi connectivity index (χ0) is 14.0. The van der Waals surface area contributed by atoms with Gasteiger partial charge in [-0.05, 0) is 46.2 Å². The van der Waals surface area contributed by atoms with Crippen LogP contribution in [0.5, 0.6) is 0 Å². The van der Waals surface area contributed by atoms with Gasteiger partial charge in [-0.15, -0.1) is 0 Å². The fourth-order valence-corrected chi connectivity index (χ4v) is 2.80. The van der Waals surface area contributed by atoms with Crippen molar-refractivity contribution in [3.05, 3.63) is 35.9 Å². The fourth-order valence-electron chi connectivity index (χ4n) is 2.80. The van der Waals surface area contributed by atoms with Crippen LogP contribution in [0, 0.1) is 0 Å². The molecule has 0 saturated carbocycles. The molecule has 3 nitrogen and oxygen atoms in total. The van der Waals surface area contributed by atoms with Crippen LogP contribution < -0.4 is 0 Å². The van der Waals surface area contributed by atoms with Gasteiger partial charge in [-0.2, -0.15) is 0 Å². The zero-order valence-corrected chi connectivity index (χ0v) is 12.2. The quantitative estimate of drug-likeness (QED) is 0.766. The predicted molar refractivity (Wildman–Crippen MR) is 76.2 cm³/mol. The van der Waals surface area contributed by atoms with Gasteiger partial charge in [-0.25, -0.2) is 4.79 Å². The number of carbonyl (C=O) groups excluding carboxylic acids is 1. The van der Waals surface area contributed by atoms with Crippen LogP contribution in [0.25, 0.3) is 0 Å². The number of hydrogen-bond acceptors (Lipinski definition) is 3. The second kappa shape index (κ2) is 5.33. The lowest BCUT2D eigenvalue weighted by atomic mass is 10.0. The summed E-state index contributed by atoms with van der Waals surface area (Å²) in [5.41, 5.74) is 0.747. The summed E-state index contributed by atoms with van der Waals surface area (Å²) in [6.45, 7) is 9.72. The molecule has 1 aromatic rings. The van der Waals surface area contributed by atoms with Crippen molar-refractivity contribution >= 4 is 5.97 Å². The van der Waals surface area contributed by atoms with Crippen molar-refractivity contribution in [3.8, 4) is 0 Å². The summed E-state index contributed by atoms with van der Waals surface area (Å²) < 4.78 is 5.65. The molecule has 1 fully saturated rings. The van der Waals surface area contributed by atoms with E-state index >= 15 is 0 Å². The molecule has 2 atom stereocenters. The second-order valence-corrected chi connectivity index (χ2v) is 6.20. The van der Waals surface area contributed by atoms with Crippen LogP contribution in [-0.2, 0) is 4.74 Å². The van der Waals surface area contributed by atoms with Gasteiger partial charge in [0.05, 0.1) is 5.56 Å². The molecular weight excluding hydrogens is 238 g/mol. The van der Waals surface area contributed by atoms with Crippen LogP contribution in [0.2, 0.25) is 0 Å². The van der Waals surface area contributed by atoms with E-state index in [1.54, 1.807) is 12.1 Å². The highest BCUT2D eigenvalue weighted by Gasteiger charge is 2.38. The van der Waals surface area contributed by atoms with Crippen molar-refractivity contribution in [2.75, 3.05) is 6.54 Å². The molecule has 0 amide bonds. The average molecular weight is 261 g/mol. The van der Waals surface area contributed by atoms with Gasteiger partial charge in [-0.3, -0.25) is 4.90 Å². The van der Waals surface area contributed by atoms with E-state index < -0.39 is 0 Å². The third-order valence-corrected chi connectivity index (χ3v) is 3.81. The number of likely N-dealkylation sites (tertiary alicyclic amines) is 1. The van der Waals surface area contributed by atoms with E-state index in [-0.39, 0.29) is 23.7 Å². The van der Waals surface area contributed by atoms with Crippen molar-refractivity contribution < 1.29 is 9.53 Å². The van der Waals surface area contributed by atoms with E-state index in [1.807, 2.05) is 18.2 Å². The number of carbonyl (C=O) groups is 1. The third kappa shape index (κ3) is 3.16. The summed E-state index contributed by atoms with van der Waals surface area (Å²) in [6.07, 6.45) is 0.906. The van der Waals surface area contributed by atoms with E-state index in [1.165, 1.54) is 0 Å². The SMILES string of the molecule is C[C@H]1[C@H](OC(=O)c2ccccc2)CCN1C(C)(C)C. The van der Waals surface area contributed by atoms with Crippen LogP contribution >= 0.6 is 0 Å². The summed E-state index contributed by atoms with van der Waals surface area (Å²) in [4.78, 5) is 14.5. The molecule has 104 valence electrons. The Hall–Kier alpha value is -1.35. The van der Waals surface area contributed by atoms with E-state index in [0.717, 1.165) is 13.0 Å². The van der Waals surface area contributed by atoms with Crippen molar-refractivity contribution in [1.82, 2.24) is 4.90 Å². The molecule has 0 aliphatic carbocycles. The van der Waals surface area contributed by atoms with Gasteiger partial charge < -0.3 is 4.74 Å². The summed E-state index contributed by atoms with van der Waals surface area (Å²) in [7, 11) is 0. The highest BCUT2D eigenvalue weighted by Crippen LogP contribution is 2.28. The number of ether oxygens (including phenoxy) is 1. The monoisotopic (exact) mass is 261 g/mol. The first-order chi connectivity index (χ1) is 8.89. The molecule has 19 heavy (non-hydrogen) atoms. The van der Waals surface area contributed by atoms with E-state index in [9.17, 15) is 4.79 Å². The molecule has 1 aliphatic rings. The van der Waals surface area contributed by atoms with Crippen LogP contribution in [0.15, 0.2) is 30.3 Å². The lowest BCUT2D eigenvalue weighted by Crippen LogP contribution is -2.46. The maximum atomic E-state index is 12.1. The molecule has 3 heteroatoms. The Balaban J connectivity index is 2.00. The Bertz CT molecular complexity index is 436. The van der Waals surface area contributed by atoms with Gasteiger partial charge in [0.2, 0.25) is 0 Å². The molecular formula is C16H23NO2. The predicted octanol–water partition coefficient (Wildman–Crippen LogP) is 3.10. The maximum Gasteiger partial charge on any atom is 0.338 e. The van der Waals surface area contributed by atoms with Gasteiger partial charge in [0, 0.05) is 18.1 Å². The van der Waals surface area contributed by atoms with Crippen molar-refractivity contribution in [1.29, 1.82) is 0 Å². The van der Waals surface area contributed by atoms with E-state index in [2.05, 4.69) is 32.6 Å². The van der Waals surface area contributed by atoms with Gasteiger partial charge in [0.1, 0.15) is 6.10 Å². The average Bonchev–Trinajstić information content (AvgIpc) is 2.72. The molecule has 0 bridgehead atoms. The van der Waals surface area contributed by atoms with Crippen LogP contribution in [-0.4, -0.2) is 35.1 Å². The molecule has 1 aliphatic heterocycles. The van der Waals surface area contributed by atoms with Crippen LogP contribution in [0.3, 0.4) is 0 Å². The lowest BCUT2D eigenvalue weighted by molar-refractivity contribution is 0.0147.